The van der Waals surface area contributed by atoms with Gasteiger partial charge in [-0.15, -0.1) is 0 Å². The molecule has 3 heterocycles. The Balaban J connectivity index is 1.84. The number of rotatable bonds is 6. The highest BCUT2D eigenvalue weighted by Gasteiger charge is 2.37. The van der Waals surface area contributed by atoms with Gasteiger partial charge in [-0.05, 0) is 12.1 Å². The molecule has 0 atom stereocenters. The number of hydrogen-bond acceptors (Lipinski definition) is 7. The third-order valence-electron chi connectivity index (χ3n) is 6.07. The molecule has 1 aliphatic rings. The smallest absolute Gasteiger partial charge is 0.350 e. The van der Waals surface area contributed by atoms with Gasteiger partial charge in [0.05, 0.1) is 27.1 Å². The standard InChI is InChI=1S/C23H19N4O7P/c1-25-11-16(15-9-8-13(27(30)31)10-19(15)25)20-21(23(29)24-22(20)28)17-12-26(35(32,33-2)34-3)18-7-5-4-6-14(17)18/h4-12H,1-3H3,(H,24,28,29). The number of imide groups is 1. The van der Waals surface area contributed by atoms with Crippen LogP contribution in [0.1, 0.15) is 11.1 Å². The van der Waals surface area contributed by atoms with Crippen LogP contribution in [-0.2, 0) is 30.2 Å². The minimum atomic E-state index is -3.77. The lowest BCUT2D eigenvalue weighted by Gasteiger charge is -2.15. The number of aromatic nitrogens is 2. The molecule has 2 aromatic heterocycles. The topological polar surface area (TPSA) is 135 Å². The molecule has 2 amide bonds. The molecule has 0 aliphatic carbocycles. The summed E-state index contributed by atoms with van der Waals surface area (Å²) in [6.45, 7) is 0. The van der Waals surface area contributed by atoms with Crippen LogP contribution in [0.3, 0.4) is 0 Å². The molecular formula is C23H19N4O7P. The van der Waals surface area contributed by atoms with Gasteiger partial charge in [0.25, 0.3) is 17.5 Å². The molecule has 2 aromatic carbocycles. The Hall–Kier alpha value is -4.05. The Morgan fingerprint density at radius 1 is 0.914 bits per heavy atom. The van der Waals surface area contributed by atoms with Gasteiger partial charge in [-0.1, -0.05) is 18.2 Å². The van der Waals surface area contributed by atoms with Crippen LogP contribution in [0.5, 0.6) is 0 Å². The van der Waals surface area contributed by atoms with E-state index in [1.165, 1.54) is 36.9 Å². The number of nitrogens with one attached hydrogen (secondary N) is 1. The normalized spacial score (nSPS) is 14.4. The average molecular weight is 494 g/mol. The second-order valence-corrected chi connectivity index (χ2v) is 9.98. The summed E-state index contributed by atoms with van der Waals surface area (Å²) in [5.74, 6) is -1.22. The van der Waals surface area contributed by atoms with Gasteiger partial charge < -0.3 is 4.57 Å². The average Bonchev–Trinajstić information content (AvgIpc) is 3.48. The Labute approximate surface area is 198 Å². The van der Waals surface area contributed by atoms with Gasteiger partial charge in [-0.25, -0.2) is 4.57 Å². The van der Waals surface area contributed by atoms with Crippen molar-refractivity contribution in [1.29, 1.82) is 0 Å². The lowest BCUT2D eigenvalue weighted by molar-refractivity contribution is -0.384. The van der Waals surface area contributed by atoms with Crippen LogP contribution in [0.15, 0.2) is 54.9 Å². The van der Waals surface area contributed by atoms with Crippen molar-refractivity contribution in [3.05, 3.63) is 76.1 Å². The van der Waals surface area contributed by atoms with Crippen molar-refractivity contribution in [2.75, 3.05) is 14.2 Å². The van der Waals surface area contributed by atoms with Crippen LogP contribution in [0.2, 0.25) is 0 Å². The van der Waals surface area contributed by atoms with Gasteiger partial charge in [-0.3, -0.25) is 38.4 Å². The molecule has 4 aromatic rings. The molecule has 5 rings (SSSR count). The highest BCUT2D eigenvalue weighted by Crippen LogP contribution is 2.52. The fraction of sp³-hybridized carbons (Fsp3) is 0.130. The second-order valence-electron chi connectivity index (χ2n) is 7.88. The number of nitro benzene ring substituents is 1. The highest BCUT2D eigenvalue weighted by molar-refractivity contribution is 7.52. The van der Waals surface area contributed by atoms with E-state index in [1.54, 1.807) is 48.1 Å². The van der Waals surface area contributed by atoms with Crippen molar-refractivity contribution in [3.8, 4) is 0 Å². The number of nitrogens with zero attached hydrogens (tertiary/aromatic N) is 3. The Kier molecular flexibility index (Phi) is 5.21. The summed E-state index contributed by atoms with van der Waals surface area (Å²) >= 11 is 0. The van der Waals surface area contributed by atoms with Gasteiger partial charge >= 0.3 is 7.75 Å². The zero-order valence-corrected chi connectivity index (χ0v) is 19.7. The first kappa shape index (κ1) is 22.7. The van der Waals surface area contributed by atoms with Crippen LogP contribution in [0, 0.1) is 10.1 Å². The monoisotopic (exact) mass is 494 g/mol. The van der Waals surface area contributed by atoms with Crippen LogP contribution < -0.4 is 5.32 Å². The van der Waals surface area contributed by atoms with Crippen molar-refractivity contribution in [3.63, 3.8) is 0 Å². The van der Waals surface area contributed by atoms with E-state index in [0.29, 0.717) is 32.9 Å². The molecular weight excluding hydrogens is 475 g/mol. The number of carbonyl (C=O) groups is 2. The minimum Gasteiger partial charge on any atom is -0.350 e. The highest BCUT2D eigenvalue weighted by atomic mass is 31.2. The first-order valence-electron chi connectivity index (χ1n) is 10.4. The van der Waals surface area contributed by atoms with Crippen molar-refractivity contribution < 1.29 is 28.1 Å². The number of amides is 2. The molecule has 0 fully saturated rings. The summed E-state index contributed by atoms with van der Waals surface area (Å²) in [4.78, 5) is 36.8. The van der Waals surface area contributed by atoms with Gasteiger partial charge in [0.1, 0.15) is 0 Å². The minimum absolute atomic E-state index is 0.0922. The Morgan fingerprint density at radius 3 is 2.14 bits per heavy atom. The van der Waals surface area contributed by atoms with Crippen molar-refractivity contribution in [1.82, 2.24) is 14.2 Å². The van der Waals surface area contributed by atoms with Crippen LogP contribution >= 0.6 is 7.75 Å². The largest absolute Gasteiger partial charge is 0.438 e. The van der Waals surface area contributed by atoms with E-state index in [4.69, 9.17) is 9.05 Å². The SMILES string of the molecule is COP(=O)(OC)n1cc(C2=C(c3cn(C)c4cc([N+](=O)[O-])ccc34)C(=O)NC2=O)c2ccccc21. The first-order valence-corrected chi connectivity index (χ1v) is 11.9. The molecule has 0 spiro atoms. The third-order valence-corrected chi connectivity index (χ3v) is 7.85. The number of nitro groups is 1. The summed E-state index contributed by atoms with van der Waals surface area (Å²) in [5, 5.41) is 14.7. The molecule has 12 heteroatoms. The van der Waals surface area contributed by atoms with E-state index >= 15 is 0 Å². The van der Waals surface area contributed by atoms with E-state index in [9.17, 15) is 24.3 Å². The Morgan fingerprint density at radius 2 is 1.51 bits per heavy atom. The quantitative estimate of drug-likeness (QED) is 0.186. The van der Waals surface area contributed by atoms with E-state index in [0.717, 1.165) is 0 Å². The summed E-state index contributed by atoms with van der Waals surface area (Å²) in [6, 6.07) is 11.3. The zero-order chi connectivity index (χ0) is 25.1. The van der Waals surface area contributed by atoms with Crippen LogP contribution in [0.25, 0.3) is 33.0 Å². The lowest BCUT2D eigenvalue weighted by atomic mass is 9.95. The fourth-order valence-corrected chi connectivity index (χ4v) is 5.67. The number of para-hydroxylation sites is 1. The summed E-state index contributed by atoms with van der Waals surface area (Å²) in [6.07, 6.45) is 3.12. The summed E-state index contributed by atoms with van der Waals surface area (Å²) < 4.78 is 26.5. The third kappa shape index (κ3) is 3.32. The van der Waals surface area contributed by atoms with Crippen molar-refractivity contribution >= 4 is 58.2 Å². The van der Waals surface area contributed by atoms with Crippen LogP contribution in [-0.4, -0.2) is 39.9 Å². The maximum absolute atomic E-state index is 13.2. The van der Waals surface area contributed by atoms with E-state index < -0.39 is 24.5 Å². The predicted molar refractivity (Wildman–Crippen MR) is 128 cm³/mol. The predicted octanol–water partition coefficient (Wildman–Crippen LogP) is 3.86. The number of hydrogen-bond donors (Lipinski definition) is 1. The van der Waals surface area contributed by atoms with Crippen LogP contribution in [0.4, 0.5) is 5.69 Å². The summed E-state index contributed by atoms with van der Waals surface area (Å²) in [7, 11) is 0.441. The van der Waals surface area contributed by atoms with Gasteiger partial charge in [0.15, 0.2) is 0 Å². The number of benzene rings is 2. The molecule has 0 unspecified atom stereocenters. The van der Waals surface area contributed by atoms with E-state index in [1.807, 2.05) is 0 Å². The maximum atomic E-state index is 13.2. The Bertz CT molecular complexity index is 1660. The lowest BCUT2D eigenvalue weighted by Crippen LogP contribution is -2.22. The number of carbonyl (C=O) groups excluding carboxylic acids is 2. The van der Waals surface area contributed by atoms with Gasteiger partial charge in [0, 0.05) is 67.7 Å². The maximum Gasteiger partial charge on any atom is 0.438 e. The fourth-order valence-electron chi connectivity index (χ4n) is 4.47. The number of non-ortho nitro benzene ring substituents is 1. The van der Waals surface area contributed by atoms with Crippen molar-refractivity contribution in [2.45, 2.75) is 0 Å². The van der Waals surface area contributed by atoms with Gasteiger partial charge in [-0.2, -0.15) is 0 Å². The number of aryl methyl sites for hydroxylation is 1. The summed E-state index contributed by atoms with van der Waals surface area (Å²) in [5.41, 5.74) is 1.93. The van der Waals surface area contributed by atoms with E-state index in [2.05, 4.69) is 5.32 Å². The molecule has 11 nitrogen and oxygen atoms in total. The number of fused-ring (bicyclic) bond motifs is 2. The van der Waals surface area contributed by atoms with Gasteiger partial charge in [0.2, 0.25) is 0 Å². The van der Waals surface area contributed by atoms with E-state index in [-0.39, 0.29) is 16.8 Å². The zero-order valence-electron chi connectivity index (χ0n) is 18.8. The molecule has 35 heavy (non-hydrogen) atoms. The molecule has 0 bridgehead atoms. The molecule has 1 N–H and O–H groups in total. The molecule has 178 valence electrons. The molecule has 1 aliphatic heterocycles. The molecule has 0 saturated carbocycles. The van der Waals surface area contributed by atoms with Crippen molar-refractivity contribution in [2.24, 2.45) is 7.05 Å². The first-order chi connectivity index (χ1) is 16.7. The second kappa shape index (κ2) is 8.02. The molecule has 0 radical (unpaired) electrons. The molecule has 0 saturated heterocycles.